The molecule has 1 unspecified atom stereocenters. The third kappa shape index (κ3) is 2.90. The minimum absolute atomic E-state index is 0.543. The van der Waals surface area contributed by atoms with Gasteiger partial charge in [-0.3, -0.25) is 9.80 Å². The molecule has 0 aromatic heterocycles. The van der Waals surface area contributed by atoms with Crippen LogP contribution in [0.2, 0.25) is 0 Å². The summed E-state index contributed by atoms with van der Waals surface area (Å²) in [7, 11) is 0. The highest BCUT2D eigenvalue weighted by Crippen LogP contribution is 2.28. The second-order valence-corrected chi connectivity index (χ2v) is 6.22. The zero-order chi connectivity index (χ0) is 13.9. The minimum Gasteiger partial charge on any atom is -0.329 e. The number of benzene rings is 1. The van der Waals surface area contributed by atoms with E-state index in [2.05, 4.69) is 34.9 Å². The fraction of sp³-hybridized carbons (Fsp3) is 0.647. The molecule has 3 rings (SSSR count). The van der Waals surface area contributed by atoms with Crippen molar-refractivity contribution in [1.29, 1.82) is 0 Å². The van der Waals surface area contributed by atoms with E-state index in [4.69, 9.17) is 5.73 Å². The number of piperazine rings is 1. The standard InChI is InChI=1S/C17H27N3/c1-14(20-11-9-19(8-7-18)10-12-20)16-6-5-15-3-2-4-17(15)13-16/h5-6,13-14H,2-4,7-12,18H2,1H3. The van der Waals surface area contributed by atoms with Gasteiger partial charge in [-0.05, 0) is 42.9 Å². The summed E-state index contributed by atoms with van der Waals surface area (Å²) < 4.78 is 0. The summed E-state index contributed by atoms with van der Waals surface area (Å²) in [5, 5.41) is 0. The van der Waals surface area contributed by atoms with Gasteiger partial charge in [0.2, 0.25) is 0 Å². The van der Waals surface area contributed by atoms with Crippen molar-refractivity contribution < 1.29 is 0 Å². The Kier molecular flexibility index (Phi) is 4.39. The van der Waals surface area contributed by atoms with Crippen LogP contribution in [0.4, 0.5) is 0 Å². The Morgan fingerprint density at radius 1 is 1.10 bits per heavy atom. The smallest absolute Gasteiger partial charge is 0.0321 e. The molecule has 1 heterocycles. The lowest BCUT2D eigenvalue weighted by Gasteiger charge is -2.38. The van der Waals surface area contributed by atoms with Crippen molar-refractivity contribution >= 4 is 0 Å². The Morgan fingerprint density at radius 2 is 1.85 bits per heavy atom. The molecule has 110 valence electrons. The van der Waals surface area contributed by atoms with Crippen LogP contribution in [0.5, 0.6) is 0 Å². The zero-order valence-corrected chi connectivity index (χ0v) is 12.6. The molecule has 1 aliphatic heterocycles. The van der Waals surface area contributed by atoms with Gasteiger partial charge in [-0.1, -0.05) is 18.2 Å². The van der Waals surface area contributed by atoms with E-state index in [0.717, 1.165) is 39.3 Å². The average Bonchev–Trinajstić information content (AvgIpc) is 2.95. The molecule has 0 radical (unpaired) electrons. The molecule has 1 atom stereocenters. The Hall–Kier alpha value is -0.900. The molecule has 20 heavy (non-hydrogen) atoms. The van der Waals surface area contributed by atoms with E-state index in [9.17, 15) is 0 Å². The Morgan fingerprint density at radius 3 is 2.60 bits per heavy atom. The predicted octanol–water partition coefficient (Wildman–Crippen LogP) is 1.81. The normalized spacial score (nSPS) is 21.9. The van der Waals surface area contributed by atoms with Gasteiger partial charge in [0.05, 0.1) is 0 Å². The zero-order valence-electron chi connectivity index (χ0n) is 12.6. The summed E-state index contributed by atoms with van der Waals surface area (Å²) in [6, 6.07) is 7.71. The van der Waals surface area contributed by atoms with Crippen LogP contribution in [-0.4, -0.2) is 49.1 Å². The summed E-state index contributed by atoms with van der Waals surface area (Å²) in [5.41, 5.74) is 10.3. The van der Waals surface area contributed by atoms with Gasteiger partial charge in [-0.2, -0.15) is 0 Å². The molecule has 3 heteroatoms. The lowest BCUT2D eigenvalue weighted by Crippen LogP contribution is -2.48. The number of nitrogens with two attached hydrogens (primary N) is 1. The van der Waals surface area contributed by atoms with E-state index in [-0.39, 0.29) is 0 Å². The molecule has 0 amide bonds. The van der Waals surface area contributed by atoms with Crippen LogP contribution in [-0.2, 0) is 12.8 Å². The quantitative estimate of drug-likeness (QED) is 0.908. The van der Waals surface area contributed by atoms with Gasteiger partial charge in [0, 0.05) is 45.3 Å². The van der Waals surface area contributed by atoms with Crippen molar-refractivity contribution in [3.8, 4) is 0 Å². The molecule has 0 bridgehead atoms. The third-order valence-electron chi connectivity index (χ3n) is 5.00. The highest BCUT2D eigenvalue weighted by atomic mass is 15.3. The number of hydrogen-bond acceptors (Lipinski definition) is 3. The van der Waals surface area contributed by atoms with E-state index >= 15 is 0 Å². The first-order valence-electron chi connectivity index (χ1n) is 8.06. The molecule has 1 aliphatic carbocycles. The second-order valence-electron chi connectivity index (χ2n) is 6.22. The minimum atomic E-state index is 0.543. The highest BCUT2D eigenvalue weighted by Gasteiger charge is 2.22. The van der Waals surface area contributed by atoms with Crippen LogP contribution >= 0.6 is 0 Å². The van der Waals surface area contributed by atoms with E-state index in [0.29, 0.717) is 6.04 Å². The maximum atomic E-state index is 5.64. The van der Waals surface area contributed by atoms with Crippen molar-refractivity contribution in [2.75, 3.05) is 39.3 Å². The van der Waals surface area contributed by atoms with E-state index in [1.165, 1.54) is 24.8 Å². The molecular weight excluding hydrogens is 246 g/mol. The summed E-state index contributed by atoms with van der Waals surface area (Å²) in [6.45, 7) is 8.83. The molecule has 0 spiro atoms. The average molecular weight is 273 g/mol. The van der Waals surface area contributed by atoms with Gasteiger partial charge in [0.1, 0.15) is 0 Å². The Bertz CT molecular complexity index is 450. The Balaban J connectivity index is 1.63. The van der Waals surface area contributed by atoms with Gasteiger partial charge in [0.15, 0.2) is 0 Å². The molecule has 0 saturated carbocycles. The topological polar surface area (TPSA) is 32.5 Å². The van der Waals surface area contributed by atoms with Crippen LogP contribution in [0.25, 0.3) is 0 Å². The third-order valence-corrected chi connectivity index (χ3v) is 5.00. The van der Waals surface area contributed by atoms with Crippen molar-refractivity contribution in [2.45, 2.75) is 32.2 Å². The van der Waals surface area contributed by atoms with Crippen LogP contribution in [0.3, 0.4) is 0 Å². The highest BCUT2D eigenvalue weighted by molar-refractivity contribution is 5.36. The van der Waals surface area contributed by atoms with Gasteiger partial charge >= 0.3 is 0 Å². The SMILES string of the molecule is CC(c1ccc2c(c1)CCC2)N1CCN(CCN)CC1. The van der Waals surface area contributed by atoms with Gasteiger partial charge in [0.25, 0.3) is 0 Å². The molecule has 1 aromatic rings. The largest absolute Gasteiger partial charge is 0.329 e. The first-order valence-corrected chi connectivity index (χ1v) is 8.06. The van der Waals surface area contributed by atoms with Crippen LogP contribution in [0, 0.1) is 0 Å². The van der Waals surface area contributed by atoms with Gasteiger partial charge in [-0.15, -0.1) is 0 Å². The number of nitrogens with zero attached hydrogens (tertiary/aromatic N) is 2. The number of aryl methyl sites for hydroxylation is 2. The van der Waals surface area contributed by atoms with E-state index in [1.807, 2.05) is 0 Å². The van der Waals surface area contributed by atoms with Crippen LogP contribution < -0.4 is 5.73 Å². The van der Waals surface area contributed by atoms with Crippen LogP contribution in [0.15, 0.2) is 18.2 Å². The van der Waals surface area contributed by atoms with Gasteiger partial charge in [-0.25, -0.2) is 0 Å². The molecule has 2 N–H and O–H groups in total. The Labute approximate surface area is 122 Å². The van der Waals surface area contributed by atoms with Gasteiger partial charge < -0.3 is 5.73 Å². The first-order chi connectivity index (χ1) is 9.78. The lowest BCUT2D eigenvalue weighted by molar-refractivity contribution is 0.104. The van der Waals surface area contributed by atoms with Crippen molar-refractivity contribution in [3.63, 3.8) is 0 Å². The maximum absolute atomic E-state index is 5.64. The van der Waals surface area contributed by atoms with Crippen LogP contribution in [0.1, 0.15) is 36.1 Å². The second kappa shape index (κ2) is 6.25. The van der Waals surface area contributed by atoms with E-state index < -0.39 is 0 Å². The fourth-order valence-corrected chi connectivity index (χ4v) is 3.62. The maximum Gasteiger partial charge on any atom is 0.0321 e. The fourth-order valence-electron chi connectivity index (χ4n) is 3.62. The summed E-state index contributed by atoms with van der Waals surface area (Å²) in [5.74, 6) is 0. The molecular formula is C17H27N3. The predicted molar refractivity (Wildman–Crippen MR) is 83.9 cm³/mol. The number of rotatable bonds is 4. The summed E-state index contributed by atoms with van der Waals surface area (Å²) >= 11 is 0. The first kappa shape index (κ1) is 14.1. The van der Waals surface area contributed by atoms with E-state index in [1.54, 1.807) is 11.1 Å². The summed E-state index contributed by atoms with van der Waals surface area (Å²) in [4.78, 5) is 5.09. The monoisotopic (exact) mass is 273 g/mol. The number of fused-ring (bicyclic) bond motifs is 1. The van der Waals surface area contributed by atoms with Crippen molar-refractivity contribution in [3.05, 3.63) is 34.9 Å². The molecule has 3 nitrogen and oxygen atoms in total. The number of hydrogen-bond donors (Lipinski definition) is 1. The molecule has 1 fully saturated rings. The molecule has 2 aliphatic rings. The van der Waals surface area contributed by atoms with Crippen molar-refractivity contribution in [2.24, 2.45) is 5.73 Å². The molecule has 1 saturated heterocycles. The molecule has 1 aromatic carbocycles. The lowest BCUT2D eigenvalue weighted by atomic mass is 10.0. The summed E-state index contributed by atoms with van der Waals surface area (Å²) in [6.07, 6.45) is 3.90. The van der Waals surface area contributed by atoms with Crippen molar-refractivity contribution in [1.82, 2.24) is 9.80 Å².